The Kier molecular flexibility index (Phi) is 5.14. The quantitative estimate of drug-likeness (QED) is 0.871. The molecule has 0 radical (unpaired) electrons. The summed E-state index contributed by atoms with van der Waals surface area (Å²) in [6, 6.07) is 2.42. The van der Waals surface area contributed by atoms with Gasteiger partial charge in [0.1, 0.15) is 18.2 Å². The first-order valence-corrected chi connectivity index (χ1v) is 7.22. The molecule has 0 amide bonds. The molecule has 20 heavy (non-hydrogen) atoms. The van der Waals surface area contributed by atoms with E-state index in [4.69, 9.17) is 10.5 Å². The van der Waals surface area contributed by atoms with Crippen molar-refractivity contribution in [3.63, 3.8) is 0 Å². The summed E-state index contributed by atoms with van der Waals surface area (Å²) in [6.45, 7) is 5.03. The van der Waals surface area contributed by atoms with Gasteiger partial charge < -0.3 is 20.3 Å². The van der Waals surface area contributed by atoms with Crippen LogP contribution in [0.1, 0.15) is 25.6 Å². The molecule has 2 heterocycles. The molecule has 2 rings (SSSR count). The maximum atomic E-state index is 5.89. The summed E-state index contributed by atoms with van der Waals surface area (Å²) in [5.41, 5.74) is 5.89. The van der Waals surface area contributed by atoms with Gasteiger partial charge in [-0.2, -0.15) is 0 Å². The first-order valence-electron chi connectivity index (χ1n) is 7.22. The molecule has 1 fully saturated rings. The number of piperidine rings is 1. The van der Waals surface area contributed by atoms with Crippen molar-refractivity contribution in [2.45, 2.75) is 32.4 Å². The number of nitrogens with two attached hydrogens (primary N) is 1. The number of nitrogens with zero attached hydrogens (tertiary/aromatic N) is 4. The second kappa shape index (κ2) is 6.85. The van der Waals surface area contributed by atoms with E-state index in [0.29, 0.717) is 30.9 Å². The Morgan fingerprint density at radius 3 is 2.95 bits per heavy atom. The number of hydrogen-bond acceptors (Lipinski definition) is 6. The second-order valence-electron chi connectivity index (χ2n) is 5.41. The van der Waals surface area contributed by atoms with Crippen molar-refractivity contribution in [2.75, 3.05) is 44.4 Å². The third-order valence-electron chi connectivity index (χ3n) is 3.66. The highest BCUT2D eigenvalue weighted by Crippen LogP contribution is 2.21. The van der Waals surface area contributed by atoms with E-state index in [0.717, 1.165) is 18.9 Å². The monoisotopic (exact) mass is 279 g/mol. The minimum absolute atomic E-state index is 0.416. The lowest BCUT2D eigenvalue weighted by atomic mass is 10.1. The maximum Gasteiger partial charge on any atom is 0.158 e. The molecule has 0 aliphatic carbocycles. The lowest BCUT2D eigenvalue weighted by Crippen LogP contribution is -2.45. The van der Waals surface area contributed by atoms with Crippen LogP contribution in [0.4, 0.5) is 11.6 Å². The molecule has 0 spiro atoms. The molecule has 6 heteroatoms. The summed E-state index contributed by atoms with van der Waals surface area (Å²) in [7, 11) is 4.26. The van der Waals surface area contributed by atoms with E-state index >= 15 is 0 Å². The average Bonchev–Trinajstić information content (AvgIpc) is 2.44. The van der Waals surface area contributed by atoms with E-state index in [1.807, 2.05) is 13.0 Å². The second-order valence-corrected chi connectivity index (χ2v) is 5.41. The molecule has 1 saturated heterocycles. The normalized spacial score (nSPS) is 19.6. The zero-order valence-corrected chi connectivity index (χ0v) is 12.7. The smallest absolute Gasteiger partial charge is 0.158 e. The fourth-order valence-electron chi connectivity index (χ4n) is 2.51. The molecule has 1 aliphatic rings. The molecular formula is C14H25N5O. The number of likely N-dealkylation sites (N-methyl/N-ethyl adjacent to an activating group) is 1. The van der Waals surface area contributed by atoms with E-state index in [2.05, 4.69) is 33.9 Å². The number of ether oxygens (including phenoxy) is 1. The molecule has 0 bridgehead atoms. The Bertz CT molecular complexity index is 438. The topological polar surface area (TPSA) is 67.5 Å². The number of nitrogen functional groups attached to an aromatic ring is 1. The van der Waals surface area contributed by atoms with E-state index in [1.54, 1.807) is 0 Å². The van der Waals surface area contributed by atoms with Crippen LogP contribution >= 0.6 is 0 Å². The van der Waals surface area contributed by atoms with Gasteiger partial charge in [0.05, 0.1) is 0 Å². The highest BCUT2D eigenvalue weighted by Gasteiger charge is 2.22. The fourth-order valence-corrected chi connectivity index (χ4v) is 2.51. The average molecular weight is 279 g/mol. The molecule has 1 atom stereocenters. The summed E-state index contributed by atoms with van der Waals surface area (Å²) in [6.07, 6.45) is 2.41. The van der Waals surface area contributed by atoms with Crippen LogP contribution in [0.25, 0.3) is 0 Å². The molecule has 1 aromatic rings. The zero-order chi connectivity index (χ0) is 14.5. The molecular weight excluding hydrogens is 254 g/mol. The van der Waals surface area contributed by atoms with Crippen LogP contribution in [0.3, 0.4) is 0 Å². The summed E-state index contributed by atoms with van der Waals surface area (Å²) < 4.78 is 5.37. The Morgan fingerprint density at radius 2 is 2.25 bits per heavy atom. The largest absolute Gasteiger partial charge is 0.384 e. The van der Waals surface area contributed by atoms with Crippen molar-refractivity contribution in [1.82, 2.24) is 14.9 Å². The van der Waals surface area contributed by atoms with Crippen molar-refractivity contribution in [2.24, 2.45) is 0 Å². The minimum Gasteiger partial charge on any atom is -0.384 e. The number of aromatic nitrogens is 2. The lowest BCUT2D eigenvalue weighted by molar-refractivity contribution is 0.128. The third kappa shape index (κ3) is 3.80. The number of anilines is 2. The molecule has 0 saturated carbocycles. The predicted octanol–water partition coefficient (Wildman–Crippen LogP) is 1.13. The van der Waals surface area contributed by atoms with Crippen LogP contribution in [-0.4, -0.2) is 54.7 Å². The molecule has 2 N–H and O–H groups in total. The van der Waals surface area contributed by atoms with Gasteiger partial charge in [0.15, 0.2) is 5.82 Å². The van der Waals surface area contributed by atoms with Gasteiger partial charge in [0.2, 0.25) is 0 Å². The molecule has 0 aromatic carbocycles. The zero-order valence-electron chi connectivity index (χ0n) is 12.7. The van der Waals surface area contributed by atoms with E-state index in [1.165, 1.54) is 12.8 Å². The summed E-state index contributed by atoms with van der Waals surface area (Å²) in [5, 5.41) is 0. The van der Waals surface area contributed by atoms with Gasteiger partial charge in [-0.05, 0) is 33.9 Å². The Morgan fingerprint density at radius 1 is 1.45 bits per heavy atom. The van der Waals surface area contributed by atoms with E-state index in [-0.39, 0.29) is 0 Å². The van der Waals surface area contributed by atoms with Gasteiger partial charge in [-0.3, -0.25) is 0 Å². The fraction of sp³-hybridized carbons (Fsp3) is 0.714. The van der Waals surface area contributed by atoms with Gasteiger partial charge in [0.25, 0.3) is 0 Å². The summed E-state index contributed by atoms with van der Waals surface area (Å²) >= 11 is 0. The standard InChI is InChI=1S/C14H25N5O/c1-4-20-10-13-16-12(15)8-14(17-13)19-7-5-6-11(9-19)18(2)3/h8,11H,4-7,9-10H2,1-3H3,(H2,15,16,17). The lowest BCUT2D eigenvalue weighted by Gasteiger charge is -2.36. The number of hydrogen-bond donors (Lipinski definition) is 1. The maximum absolute atomic E-state index is 5.89. The van der Waals surface area contributed by atoms with Crippen molar-refractivity contribution < 1.29 is 4.74 Å². The van der Waals surface area contributed by atoms with Crippen LogP contribution in [-0.2, 0) is 11.3 Å². The Hall–Kier alpha value is -1.40. The van der Waals surface area contributed by atoms with Gasteiger partial charge >= 0.3 is 0 Å². The van der Waals surface area contributed by atoms with Crippen LogP contribution < -0.4 is 10.6 Å². The molecule has 6 nitrogen and oxygen atoms in total. The van der Waals surface area contributed by atoms with Crippen LogP contribution in [0, 0.1) is 0 Å². The minimum atomic E-state index is 0.416. The first kappa shape index (κ1) is 15.0. The highest BCUT2D eigenvalue weighted by atomic mass is 16.5. The van der Waals surface area contributed by atoms with Crippen LogP contribution in [0.5, 0.6) is 0 Å². The predicted molar refractivity (Wildman–Crippen MR) is 80.7 cm³/mol. The highest BCUT2D eigenvalue weighted by molar-refractivity contribution is 5.47. The van der Waals surface area contributed by atoms with Crippen LogP contribution in [0.15, 0.2) is 6.07 Å². The summed E-state index contributed by atoms with van der Waals surface area (Å²) in [4.78, 5) is 13.4. The van der Waals surface area contributed by atoms with Crippen molar-refractivity contribution in [3.8, 4) is 0 Å². The van der Waals surface area contributed by atoms with Gasteiger partial charge in [-0.15, -0.1) is 0 Å². The Labute approximate surface area is 120 Å². The molecule has 1 aliphatic heterocycles. The van der Waals surface area contributed by atoms with Gasteiger partial charge in [-0.25, -0.2) is 9.97 Å². The van der Waals surface area contributed by atoms with E-state index in [9.17, 15) is 0 Å². The van der Waals surface area contributed by atoms with E-state index < -0.39 is 0 Å². The third-order valence-corrected chi connectivity index (χ3v) is 3.66. The van der Waals surface area contributed by atoms with Crippen molar-refractivity contribution in [3.05, 3.63) is 11.9 Å². The van der Waals surface area contributed by atoms with Gasteiger partial charge in [0, 0.05) is 31.8 Å². The van der Waals surface area contributed by atoms with Gasteiger partial charge in [-0.1, -0.05) is 0 Å². The Balaban J connectivity index is 2.12. The first-order chi connectivity index (χ1) is 9.60. The SMILES string of the molecule is CCOCc1nc(N)cc(N2CCCC(N(C)C)C2)n1. The molecule has 1 aromatic heterocycles. The summed E-state index contributed by atoms with van der Waals surface area (Å²) in [5.74, 6) is 2.09. The number of rotatable bonds is 5. The van der Waals surface area contributed by atoms with Crippen LogP contribution in [0.2, 0.25) is 0 Å². The van der Waals surface area contributed by atoms with Crippen molar-refractivity contribution >= 4 is 11.6 Å². The molecule has 112 valence electrons. The molecule has 1 unspecified atom stereocenters. The van der Waals surface area contributed by atoms with Crippen molar-refractivity contribution in [1.29, 1.82) is 0 Å².